The first-order chi connectivity index (χ1) is 9.06. The van der Waals surface area contributed by atoms with Gasteiger partial charge in [0, 0.05) is 31.8 Å². The maximum absolute atomic E-state index is 12.1. The van der Waals surface area contributed by atoms with E-state index in [0.717, 1.165) is 19.4 Å². The highest BCUT2D eigenvalue weighted by Crippen LogP contribution is 2.29. The van der Waals surface area contributed by atoms with Crippen molar-refractivity contribution in [3.63, 3.8) is 0 Å². The van der Waals surface area contributed by atoms with Gasteiger partial charge in [-0.25, -0.2) is 0 Å². The summed E-state index contributed by atoms with van der Waals surface area (Å²) in [4.78, 5) is 14.1. The minimum absolute atomic E-state index is 0.232. The molecule has 0 aliphatic carbocycles. The smallest absolute Gasteiger partial charge is 0.224 e. The number of hydrogen-bond donors (Lipinski definition) is 1. The molecular weight excluding hydrogens is 240 g/mol. The molecule has 1 amide bonds. The second kappa shape index (κ2) is 6.71. The zero-order valence-electron chi connectivity index (χ0n) is 12.5. The van der Waals surface area contributed by atoms with Crippen LogP contribution in [-0.2, 0) is 9.53 Å². The van der Waals surface area contributed by atoms with Crippen molar-refractivity contribution in [1.29, 1.82) is 0 Å². The molecule has 2 aliphatic heterocycles. The molecule has 0 aromatic heterocycles. The predicted octanol–water partition coefficient (Wildman–Crippen LogP) is 1.79. The van der Waals surface area contributed by atoms with Crippen LogP contribution >= 0.6 is 0 Å². The van der Waals surface area contributed by atoms with E-state index in [4.69, 9.17) is 4.74 Å². The normalized spacial score (nSPS) is 29.8. The van der Waals surface area contributed by atoms with Gasteiger partial charge in [-0.2, -0.15) is 0 Å². The van der Waals surface area contributed by atoms with Crippen LogP contribution in [0.5, 0.6) is 0 Å². The Morgan fingerprint density at radius 1 is 1.32 bits per heavy atom. The van der Waals surface area contributed by atoms with Gasteiger partial charge in [-0.15, -0.1) is 0 Å². The predicted molar refractivity (Wildman–Crippen MR) is 76.0 cm³/mol. The molecule has 0 spiro atoms. The van der Waals surface area contributed by atoms with E-state index in [9.17, 15) is 4.79 Å². The Bertz CT molecular complexity index is 295. The van der Waals surface area contributed by atoms with Crippen molar-refractivity contribution < 1.29 is 9.53 Å². The van der Waals surface area contributed by atoms with Crippen molar-refractivity contribution in [2.45, 2.75) is 64.1 Å². The van der Waals surface area contributed by atoms with Crippen molar-refractivity contribution in [2.75, 3.05) is 20.3 Å². The van der Waals surface area contributed by atoms with Crippen molar-refractivity contribution >= 4 is 5.91 Å². The van der Waals surface area contributed by atoms with Gasteiger partial charge < -0.3 is 15.0 Å². The quantitative estimate of drug-likeness (QED) is 0.747. The van der Waals surface area contributed by atoms with E-state index in [1.54, 1.807) is 0 Å². The summed E-state index contributed by atoms with van der Waals surface area (Å²) in [6, 6.07) is 1.70. The molecule has 0 aromatic rings. The largest absolute Gasteiger partial charge is 0.381 e. The van der Waals surface area contributed by atoms with Gasteiger partial charge in [0.15, 0.2) is 0 Å². The molecule has 2 atom stereocenters. The van der Waals surface area contributed by atoms with E-state index >= 15 is 0 Å². The zero-order valence-corrected chi connectivity index (χ0v) is 12.5. The van der Waals surface area contributed by atoms with Gasteiger partial charge in [0.05, 0.1) is 13.0 Å². The molecule has 4 nitrogen and oxygen atoms in total. The number of fused-ring (bicyclic) bond motifs is 2. The highest BCUT2D eigenvalue weighted by molar-refractivity contribution is 5.76. The Morgan fingerprint density at radius 3 is 2.53 bits per heavy atom. The lowest BCUT2D eigenvalue weighted by atomic mass is 9.98. The summed E-state index contributed by atoms with van der Waals surface area (Å²) in [6.07, 6.45) is 5.31. The third-order valence-corrected chi connectivity index (χ3v) is 4.30. The van der Waals surface area contributed by atoms with Gasteiger partial charge in [-0.1, -0.05) is 13.8 Å². The minimum atomic E-state index is 0.232. The molecule has 2 bridgehead atoms. The molecular formula is C15H28N2O2. The van der Waals surface area contributed by atoms with Crippen LogP contribution in [0.15, 0.2) is 0 Å². The Kier molecular flexibility index (Phi) is 5.22. The molecule has 2 rings (SSSR count). The van der Waals surface area contributed by atoms with Crippen LogP contribution in [0, 0.1) is 5.92 Å². The number of carbonyl (C=O) groups is 1. The second-order valence-corrected chi connectivity index (χ2v) is 6.49. The van der Waals surface area contributed by atoms with E-state index < -0.39 is 0 Å². The van der Waals surface area contributed by atoms with E-state index in [1.807, 2.05) is 11.9 Å². The SMILES string of the molecule is CC(C)COCCC(=O)N(C)C1CC2CCC(C1)N2. The van der Waals surface area contributed by atoms with Crippen molar-refractivity contribution in [1.82, 2.24) is 10.2 Å². The van der Waals surface area contributed by atoms with Crippen molar-refractivity contribution in [3.8, 4) is 0 Å². The molecule has 2 heterocycles. The molecule has 2 fully saturated rings. The van der Waals surface area contributed by atoms with Gasteiger partial charge >= 0.3 is 0 Å². The number of rotatable bonds is 6. The zero-order chi connectivity index (χ0) is 13.8. The first-order valence-corrected chi connectivity index (χ1v) is 7.65. The third kappa shape index (κ3) is 4.18. The lowest BCUT2D eigenvalue weighted by Gasteiger charge is -2.35. The number of carbonyl (C=O) groups excluding carboxylic acids is 1. The van der Waals surface area contributed by atoms with Crippen molar-refractivity contribution in [3.05, 3.63) is 0 Å². The number of amides is 1. The second-order valence-electron chi connectivity index (χ2n) is 6.49. The van der Waals surface area contributed by atoms with Crippen LogP contribution in [0.25, 0.3) is 0 Å². The Morgan fingerprint density at radius 2 is 1.95 bits per heavy atom. The summed E-state index contributed by atoms with van der Waals surface area (Å²) in [5.41, 5.74) is 0. The van der Waals surface area contributed by atoms with Gasteiger partial charge in [-0.3, -0.25) is 4.79 Å². The maximum atomic E-state index is 12.1. The van der Waals surface area contributed by atoms with Crippen LogP contribution in [0.2, 0.25) is 0 Å². The summed E-state index contributed by atoms with van der Waals surface area (Å²) < 4.78 is 5.50. The molecule has 0 radical (unpaired) electrons. The molecule has 0 saturated carbocycles. The minimum Gasteiger partial charge on any atom is -0.381 e. The number of piperidine rings is 1. The molecule has 2 unspecified atom stereocenters. The number of nitrogens with one attached hydrogen (secondary N) is 1. The average Bonchev–Trinajstić information content (AvgIpc) is 2.72. The Hall–Kier alpha value is -0.610. The Labute approximate surface area is 116 Å². The number of ether oxygens (including phenoxy) is 1. The van der Waals surface area contributed by atoms with Crippen LogP contribution in [0.1, 0.15) is 46.0 Å². The lowest BCUT2D eigenvalue weighted by Crippen LogP contribution is -2.48. The molecule has 0 aromatic carbocycles. The van der Waals surface area contributed by atoms with E-state index in [1.165, 1.54) is 12.8 Å². The van der Waals surface area contributed by atoms with Crippen molar-refractivity contribution in [2.24, 2.45) is 5.92 Å². The Balaban J connectivity index is 1.70. The first-order valence-electron chi connectivity index (χ1n) is 7.65. The molecule has 110 valence electrons. The highest BCUT2D eigenvalue weighted by Gasteiger charge is 2.36. The van der Waals surface area contributed by atoms with E-state index in [-0.39, 0.29) is 5.91 Å². The van der Waals surface area contributed by atoms with Gasteiger partial charge in [0.2, 0.25) is 5.91 Å². The highest BCUT2D eigenvalue weighted by atomic mass is 16.5. The van der Waals surface area contributed by atoms with Crippen LogP contribution < -0.4 is 5.32 Å². The molecule has 19 heavy (non-hydrogen) atoms. The van der Waals surface area contributed by atoms with Gasteiger partial charge in [0.1, 0.15) is 0 Å². The monoisotopic (exact) mass is 268 g/mol. The standard InChI is InChI=1S/C15H28N2O2/c1-11(2)10-19-7-6-15(18)17(3)14-8-12-4-5-13(9-14)16-12/h11-14,16H,4-10H2,1-3H3. The van der Waals surface area contributed by atoms with Crippen LogP contribution in [0.4, 0.5) is 0 Å². The first kappa shape index (κ1) is 14.8. The fourth-order valence-electron chi connectivity index (χ4n) is 3.20. The van der Waals surface area contributed by atoms with E-state index in [0.29, 0.717) is 37.1 Å². The molecule has 2 saturated heterocycles. The molecule has 1 N–H and O–H groups in total. The topological polar surface area (TPSA) is 41.6 Å². The number of nitrogens with zero attached hydrogens (tertiary/aromatic N) is 1. The number of hydrogen-bond acceptors (Lipinski definition) is 3. The summed E-state index contributed by atoms with van der Waals surface area (Å²) >= 11 is 0. The summed E-state index contributed by atoms with van der Waals surface area (Å²) in [5.74, 6) is 0.767. The van der Waals surface area contributed by atoms with Gasteiger partial charge in [0.25, 0.3) is 0 Å². The summed E-state index contributed by atoms with van der Waals surface area (Å²) in [6.45, 7) is 5.55. The average molecular weight is 268 g/mol. The van der Waals surface area contributed by atoms with Crippen LogP contribution in [0.3, 0.4) is 0 Å². The summed E-state index contributed by atoms with van der Waals surface area (Å²) in [7, 11) is 1.96. The van der Waals surface area contributed by atoms with E-state index in [2.05, 4.69) is 19.2 Å². The fraction of sp³-hybridized carbons (Fsp3) is 0.933. The maximum Gasteiger partial charge on any atom is 0.224 e. The summed E-state index contributed by atoms with van der Waals surface area (Å²) in [5, 5.41) is 3.62. The third-order valence-electron chi connectivity index (χ3n) is 4.30. The lowest BCUT2D eigenvalue weighted by molar-refractivity contribution is -0.133. The van der Waals surface area contributed by atoms with Crippen LogP contribution in [-0.4, -0.2) is 49.2 Å². The molecule has 2 aliphatic rings. The fourth-order valence-corrected chi connectivity index (χ4v) is 3.20. The molecule has 4 heteroatoms. The van der Waals surface area contributed by atoms with Gasteiger partial charge in [-0.05, 0) is 31.6 Å².